The van der Waals surface area contributed by atoms with Crippen LogP contribution in [0.5, 0.6) is 0 Å². The Morgan fingerprint density at radius 1 is 1.83 bits per heavy atom. The second kappa shape index (κ2) is 3.13. The Labute approximate surface area is 38.4 Å². The molecule has 0 saturated heterocycles. The highest BCUT2D eigenvalue weighted by Crippen LogP contribution is 1.96. The van der Waals surface area contributed by atoms with Crippen LogP contribution in [0.15, 0.2) is 0 Å². The van der Waals surface area contributed by atoms with Crippen LogP contribution < -0.4 is 0 Å². The van der Waals surface area contributed by atoms with E-state index in [1.54, 1.807) is 0 Å². The van der Waals surface area contributed by atoms with Gasteiger partial charge in [0.1, 0.15) is 0 Å². The summed E-state index contributed by atoms with van der Waals surface area (Å²) in [6.07, 6.45) is 0.597. The molecule has 0 heterocycles. The maximum Gasteiger partial charge on any atom is 0.0897 e. The van der Waals surface area contributed by atoms with Gasteiger partial charge in [0.15, 0.2) is 0 Å². The van der Waals surface area contributed by atoms with Crippen LogP contribution in [0.25, 0.3) is 0 Å². The number of alkyl halides is 1. The highest BCUT2D eigenvalue weighted by molar-refractivity contribution is 4.50. The van der Waals surface area contributed by atoms with Gasteiger partial charge >= 0.3 is 0 Å². The summed E-state index contributed by atoms with van der Waals surface area (Å²) >= 11 is 0. The van der Waals surface area contributed by atoms with Crippen molar-refractivity contribution in [2.75, 3.05) is 6.67 Å². The molecule has 0 amide bonds. The highest BCUT2D eigenvalue weighted by Gasteiger charge is 1.88. The summed E-state index contributed by atoms with van der Waals surface area (Å²) in [6.45, 7) is 5.26. The van der Waals surface area contributed by atoms with E-state index in [-0.39, 0.29) is 12.6 Å². The molecule has 0 fully saturated rings. The number of hydrogen-bond acceptors (Lipinski definition) is 0. The normalized spacial score (nSPS) is 10.0. The molecular formula is C5H10F. The summed E-state index contributed by atoms with van der Waals surface area (Å²) in [5.74, 6) is 0.273. The molecule has 1 atom stereocenters. The topological polar surface area (TPSA) is 0 Å². The van der Waals surface area contributed by atoms with E-state index in [4.69, 9.17) is 0 Å². The van der Waals surface area contributed by atoms with Crippen LogP contribution in [-0.2, 0) is 0 Å². The van der Waals surface area contributed by atoms with Crippen molar-refractivity contribution in [2.45, 2.75) is 13.3 Å². The predicted molar refractivity (Wildman–Crippen MR) is 25.1 cm³/mol. The molecule has 1 unspecified atom stereocenters. The molecule has 0 aliphatic rings. The van der Waals surface area contributed by atoms with Crippen molar-refractivity contribution in [2.24, 2.45) is 5.92 Å². The van der Waals surface area contributed by atoms with Crippen LogP contribution in [-0.4, -0.2) is 6.67 Å². The zero-order valence-electron chi connectivity index (χ0n) is 4.08. The van der Waals surface area contributed by atoms with Crippen molar-refractivity contribution in [3.63, 3.8) is 0 Å². The van der Waals surface area contributed by atoms with Gasteiger partial charge in [-0.3, -0.25) is 4.39 Å². The van der Waals surface area contributed by atoms with Crippen LogP contribution in [0, 0.1) is 12.8 Å². The lowest BCUT2D eigenvalue weighted by molar-refractivity contribution is 0.436. The van der Waals surface area contributed by atoms with E-state index in [0.717, 1.165) is 0 Å². The van der Waals surface area contributed by atoms with E-state index in [9.17, 15) is 4.39 Å². The number of rotatable bonds is 2. The minimum Gasteiger partial charge on any atom is -0.251 e. The molecular weight excluding hydrogens is 79.1 g/mol. The average Bonchev–Trinajstić information content (AvgIpc) is 1.35. The second-order valence-corrected chi connectivity index (χ2v) is 1.58. The molecule has 0 aromatic heterocycles. The fourth-order valence-corrected chi connectivity index (χ4v) is 0.186. The lowest BCUT2D eigenvalue weighted by atomic mass is 10.2. The van der Waals surface area contributed by atoms with Gasteiger partial charge in [-0.15, -0.1) is 0 Å². The fourth-order valence-electron chi connectivity index (χ4n) is 0.186. The van der Waals surface area contributed by atoms with Crippen LogP contribution in [0.2, 0.25) is 0 Å². The SMILES string of the molecule is [CH2]C(C)CCF. The van der Waals surface area contributed by atoms with E-state index < -0.39 is 0 Å². The minimum absolute atomic E-state index is 0.231. The van der Waals surface area contributed by atoms with Crippen molar-refractivity contribution in [1.29, 1.82) is 0 Å². The van der Waals surface area contributed by atoms with Crippen molar-refractivity contribution in [3.8, 4) is 0 Å². The molecule has 6 heavy (non-hydrogen) atoms. The van der Waals surface area contributed by atoms with E-state index >= 15 is 0 Å². The number of hydrogen-bond donors (Lipinski definition) is 0. The van der Waals surface area contributed by atoms with Crippen molar-refractivity contribution >= 4 is 0 Å². The average molecular weight is 89.1 g/mol. The molecule has 0 aromatic carbocycles. The monoisotopic (exact) mass is 89.1 g/mol. The van der Waals surface area contributed by atoms with Crippen LogP contribution >= 0.6 is 0 Å². The smallest absolute Gasteiger partial charge is 0.0897 e. The number of halogens is 1. The maximum absolute atomic E-state index is 11.2. The summed E-state index contributed by atoms with van der Waals surface area (Å²) < 4.78 is 11.2. The molecule has 0 aliphatic carbocycles. The lowest BCUT2D eigenvalue weighted by Crippen LogP contribution is -1.86. The van der Waals surface area contributed by atoms with Crippen molar-refractivity contribution < 1.29 is 4.39 Å². The van der Waals surface area contributed by atoms with Gasteiger partial charge in [-0.2, -0.15) is 0 Å². The molecule has 0 nitrogen and oxygen atoms in total. The molecule has 0 rings (SSSR count). The van der Waals surface area contributed by atoms with Crippen molar-refractivity contribution in [1.82, 2.24) is 0 Å². The van der Waals surface area contributed by atoms with Crippen LogP contribution in [0.4, 0.5) is 4.39 Å². The van der Waals surface area contributed by atoms with Crippen molar-refractivity contribution in [3.05, 3.63) is 6.92 Å². The van der Waals surface area contributed by atoms with Gasteiger partial charge in [-0.05, 0) is 12.3 Å². The zero-order valence-corrected chi connectivity index (χ0v) is 4.08. The maximum atomic E-state index is 11.2. The molecule has 0 aromatic rings. The molecule has 37 valence electrons. The Kier molecular flexibility index (Phi) is 3.10. The van der Waals surface area contributed by atoms with Gasteiger partial charge in [0.05, 0.1) is 6.67 Å². The van der Waals surface area contributed by atoms with E-state index in [1.807, 2.05) is 6.92 Å². The van der Waals surface area contributed by atoms with Gasteiger partial charge in [0.25, 0.3) is 0 Å². The first kappa shape index (κ1) is 5.93. The predicted octanol–water partition coefficient (Wildman–Crippen LogP) is 1.82. The van der Waals surface area contributed by atoms with Crippen LogP contribution in [0.1, 0.15) is 13.3 Å². The highest BCUT2D eigenvalue weighted by atomic mass is 19.1. The largest absolute Gasteiger partial charge is 0.251 e. The van der Waals surface area contributed by atoms with Crippen LogP contribution in [0.3, 0.4) is 0 Å². The third-order valence-electron chi connectivity index (χ3n) is 0.602. The Morgan fingerprint density at radius 2 is 2.33 bits per heavy atom. The first-order chi connectivity index (χ1) is 2.77. The summed E-state index contributed by atoms with van der Waals surface area (Å²) in [5, 5.41) is 0. The minimum atomic E-state index is -0.231. The second-order valence-electron chi connectivity index (χ2n) is 1.58. The van der Waals surface area contributed by atoms with Gasteiger partial charge in [0, 0.05) is 0 Å². The molecule has 1 heteroatoms. The summed E-state index contributed by atoms with van der Waals surface area (Å²) in [5.41, 5.74) is 0. The molecule has 0 spiro atoms. The first-order valence-electron chi connectivity index (χ1n) is 2.16. The van der Waals surface area contributed by atoms with E-state index in [0.29, 0.717) is 6.42 Å². The third-order valence-corrected chi connectivity index (χ3v) is 0.602. The van der Waals surface area contributed by atoms with Gasteiger partial charge < -0.3 is 0 Å². The molecule has 0 bridgehead atoms. The zero-order chi connectivity index (χ0) is 4.99. The third kappa shape index (κ3) is 3.93. The van der Waals surface area contributed by atoms with Gasteiger partial charge in [0.2, 0.25) is 0 Å². The fraction of sp³-hybridized carbons (Fsp3) is 0.800. The first-order valence-corrected chi connectivity index (χ1v) is 2.16. The Balaban J connectivity index is 2.63. The molecule has 0 saturated carbocycles. The Morgan fingerprint density at radius 3 is 2.33 bits per heavy atom. The van der Waals surface area contributed by atoms with E-state index in [2.05, 4.69) is 6.92 Å². The van der Waals surface area contributed by atoms with Gasteiger partial charge in [-0.25, -0.2) is 0 Å². The molecule has 0 N–H and O–H groups in total. The quantitative estimate of drug-likeness (QED) is 0.484. The van der Waals surface area contributed by atoms with Gasteiger partial charge in [-0.1, -0.05) is 13.8 Å². The standard InChI is InChI=1S/C5H10F/c1-5(2)3-4-6/h5H,1,3-4H2,2H3. The Hall–Kier alpha value is -0.0700. The summed E-state index contributed by atoms with van der Waals surface area (Å²) in [4.78, 5) is 0. The summed E-state index contributed by atoms with van der Waals surface area (Å²) in [7, 11) is 0. The van der Waals surface area contributed by atoms with E-state index in [1.165, 1.54) is 0 Å². The molecule has 0 aliphatic heterocycles. The molecule has 1 radical (unpaired) electrons. The lowest BCUT2D eigenvalue weighted by Gasteiger charge is -1.93. The Bertz CT molecular complexity index is 25.1. The summed E-state index contributed by atoms with van der Waals surface area (Å²) in [6, 6.07) is 0.